The number of rotatable bonds is 5. The number of carbonyl (C=O) groups is 2. The van der Waals surface area contributed by atoms with Crippen molar-refractivity contribution >= 4 is 20.5 Å². The lowest BCUT2D eigenvalue weighted by Gasteiger charge is -2.69. The average Bonchev–Trinajstić information content (AvgIpc) is 3.23. The van der Waals surface area contributed by atoms with Gasteiger partial charge in [0.15, 0.2) is 5.60 Å². The highest BCUT2D eigenvalue weighted by Gasteiger charge is 2.74. The van der Waals surface area contributed by atoms with Crippen LogP contribution in [0, 0.1) is 45.3 Å². The second kappa shape index (κ2) is 15.0. The largest absolute Gasteiger partial charge is 0.482 e. The molecular formula is C49H53N3O9Si. The number of nitriles is 2. The first-order valence-corrected chi connectivity index (χ1v) is 23.0. The van der Waals surface area contributed by atoms with Gasteiger partial charge >= 0.3 is 26.1 Å². The van der Waals surface area contributed by atoms with Crippen LogP contribution >= 0.6 is 0 Å². The molecule has 322 valence electrons. The molecule has 4 heterocycles. The van der Waals surface area contributed by atoms with Crippen molar-refractivity contribution in [1.82, 2.24) is 4.98 Å². The van der Waals surface area contributed by atoms with Gasteiger partial charge in [-0.05, 0) is 98.2 Å². The highest BCUT2D eigenvalue weighted by atomic mass is 28.4. The molecule has 4 aromatic rings. The van der Waals surface area contributed by atoms with Crippen LogP contribution in [0.25, 0.3) is 11.3 Å². The SMILES string of the molecule is CC(C)(C)[Si]1(C(C)(C)C)OC[C@@]2(C)C3C[C@H](OC(=O)c4ccc(C#N)cc4)[C@@]4(C)Oc5cc(-c6cccnc6)oc(=O)c5[C@H](OC(=O)c5ccc(C#N)cc5)C4[C@@]3(C)CC[C@@H]2O1. The standard InChI is InChI=1S/C49H53N3O9Si/c1-45(2,3)62(46(4,5)6)56-28-48(8)36-24-38(58-42(53)31-16-12-29(25-50)13-17-31)49(9)41(47(36,7)21-20-37(48)61-62)40(59-43(54)32-18-14-30(26-51)15-19-32)39-35(60-49)23-34(57-44(39)55)33-11-10-22-52-27-33/h10-19,22-23,27,36-38,40-41H,20-21,24,28H2,1-9H3/t36?,37-,38-,40-,41?,47-,48-,49+/m0/s1. The van der Waals surface area contributed by atoms with Gasteiger partial charge in [0, 0.05) is 52.0 Å². The van der Waals surface area contributed by atoms with Crippen molar-refractivity contribution in [2.45, 2.75) is 116 Å². The minimum absolute atomic E-state index is 0.0384. The number of nitrogens with zero attached hydrogens (tertiary/aromatic N) is 3. The molecule has 0 spiro atoms. The third-order valence-electron chi connectivity index (χ3n) is 14.4. The normalized spacial score (nSPS) is 29.8. The number of hydrogen-bond acceptors (Lipinski definition) is 12. The van der Waals surface area contributed by atoms with Crippen molar-refractivity contribution < 1.29 is 37.1 Å². The maximum Gasteiger partial charge on any atom is 0.349 e. The number of ether oxygens (including phenoxy) is 3. The van der Waals surface area contributed by atoms with Crippen LogP contribution < -0.4 is 10.4 Å². The first kappa shape index (κ1) is 43.1. The van der Waals surface area contributed by atoms with Crippen molar-refractivity contribution in [3.05, 3.63) is 117 Å². The Morgan fingerprint density at radius 2 is 1.45 bits per heavy atom. The van der Waals surface area contributed by atoms with E-state index in [1.54, 1.807) is 54.9 Å². The Balaban J connectivity index is 1.31. The lowest BCUT2D eigenvalue weighted by atomic mass is 9.42. The summed E-state index contributed by atoms with van der Waals surface area (Å²) >= 11 is 0. The Morgan fingerprint density at radius 1 is 0.855 bits per heavy atom. The minimum atomic E-state index is -2.92. The lowest BCUT2D eigenvalue weighted by molar-refractivity contribution is -0.270. The highest BCUT2D eigenvalue weighted by molar-refractivity contribution is 6.73. The summed E-state index contributed by atoms with van der Waals surface area (Å²) in [6.45, 7) is 19.8. The van der Waals surface area contributed by atoms with E-state index in [9.17, 15) is 24.9 Å². The van der Waals surface area contributed by atoms with Gasteiger partial charge in [0.25, 0.3) is 0 Å². The van der Waals surface area contributed by atoms with Gasteiger partial charge in [0.05, 0.1) is 40.5 Å². The minimum Gasteiger partial charge on any atom is -0.482 e. The van der Waals surface area contributed by atoms with E-state index in [0.717, 1.165) is 0 Å². The van der Waals surface area contributed by atoms with Crippen LogP contribution in [0.5, 0.6) is 5.75 Å². The Hall–Kier alpha value is -5.60. The van der Waals surface area contributed by atoms with Crippen LogP contribution in [0.2, 0.25) is 10.1 Å². The van der Waals surface area contributed by atoms with E-state index in [2.05, 4.69) is 72.5 Å². The number of hydrogen-bond donors (Lipinski definition) is 0. The van der Waals surface area contributed by atoms with Gasteiger partial charge in [-0.15, -0.1) is 0 Å². The fraction of sp³-hybridized carbons (Fsp3) is 0.469. The summed E-state index contributed by atoms with van der Waals surface area (Å²) in [6.07, 6.45) is 2.40. The summed E-state index contributed by atoms with van der Waals surface area (Å²) < 4.78 is 41.0. The topological polar surface area (TPSA) is 171 Å². The van der Waals surface area contributed by atoms with E-state index in [-0.39, 0.29) is 50.3 Å². The third-order valence-corrected chi connectivity index (χ3v) is 19.5. The van der Waals surface area contributed by atoms with Gasteiger partial charge in [0.2, 0.25) is 0 Å². The Bertz CT molecular complexity index is 2540. The zero-order valence-corrected chi connectivity index (χ0v) is 37.7. The van der Waals surface area contributed by atoms with Gasteiger partial charge < -0.3 is 27.5 Å². The van der Waals surface area contributed by atoms with Crippen LogP contribution in [-0.4, -0.2) is 49.9 Å². The van der Waals surface area contributed by atoms with Crippen molar-refractivity contribution in [2.24, 2.45) is 22.7 Å². The molecule has 2 saturated carbocycles. The van der Waals surface area contributed by atoms with E-state index in [0.29, 0.717) is 42.6 Å². The predicted octanol–water partition coefficient (Wildman–Crippen LogP) is 9.62. The molecule has 12 nitrogen and oxygen atoms in total. The lowest BCUT2D eigenvalue weighted by Crippen LogP contribution is -2.74. The van der Waals surface area contributed by atoms with Crippen LogP contribution in [0.4, 0.5) is 0 Å². The molecule has 0 radical (unpaired) electrons. The summed E-state index contributed by atoms with van der Waals surface area (Å²) in [5.74, 6) is -2.04. The average molecular weight is 856 g/mol. The number of pyridine rings is 1. The fourth-order valence-electron chi connectivity index (χ4n) is 11.6. The molecule has 0 amide bonds. The molecule has 8 atom stereocenters. The molecule has 2 aromatic carbocycles. The maximum absolute atomic E-state index is 14.5. The van der Waals surface area contributed by atoms with E-state index < -0.39 is 60.7 Å². The van der Waals surface area contributed by atoms with Crippen LogP contribution in [0.1, 0.15) is 125 Å². The zero-order valence-electron chi connectivity index (χ0n) is 36.7. The first-order chi connectivity index (χ1) is 29.2. The Morgan fingerprint density at radius 3 is 2.00 bits per heavy atom. The van der Waals surface area contributed by atoms with Gasteiger partial charge in [-0.25, -0.2) is 14.4 Å². The molecule has 0 bridgehead atoms. The number of fused-ring (bicyclic) bond motifs is 6. The summed E-state index contributed by atoms with van der Waals surface area (Å²) in [4.78, 5) is 47.4. The molecule has 0 N–H and O–H groups in total. The summed E-state index contributed by atoms with van der Waals surface area (Å²) in [5, 5.41) is 18.4. The molecule has 4 aliphatic rings. The van der Waals surface area contributed by atoms with Crippen molar-refractivity contribution in [1.29, 1.82) is 10.5 Å². The number of esters is 2. The molecule has 2 aliphatic carbocycles. The molecule has 2 aliphatic heterocycles. The van der Waals surface area contributed by atoms with Gasteiger partial charge in [-0.1, -0.05) is 55.4 Å². The van der Waals surface area contributed by atoms with Gasteiger partial charge in [0.1, 0.15) is 29.3 Å². The summed E-state index contributed by atoms with van der Waals surface area (Å²) in [6, 6.07) is 21.6. The van der Waals surface area contributed by atoms with Gasteiger partial charge in [-0.2, -0.15) is 10.5 Å². The second-order valence-electron chi connectivity index (χ2n) is 20.1. The fourth-order valence-corrected chi connectivity index (χ4v) is 16.8. The van der Waals surface area contributed by atoms with Gasteiger partial charge in [-0.3, -0.25) is 4.98 Å². The number of benzene rings is 2. The van der Waals surface area contributed by atoms with E-state index >= 15 is 0 Å². The van der Waals surface area contributed by atoms with Crippen molar-refractivity contribution in [3.63, 3.8) is 0 Å². The molecule has 13 heteroatoms. The molecule has 2 unspecified atom stereocenters. The van der Waals surface area contributed by atoms with Crippen LogP contribution in [-0.2, 0) is 18.3 Å². The smallest absolute Gasteiger partial charge is 0.349 e. The van der Waals surface area contributed by atoms with Crippen LogP contribution in [0.15, 0.2) is 88.3 Å². The Labute approximate surface area is 363 Å². The van der Waals surface area contributed by atoms with Crippen molar-refractivity contribution in [2.75, 3.05) is 6.61 Å². The highest BCUT2D eigenvalue weighted by Crippen LogP contribution is 2.70. The summed E-state index contributed by atoms with van der Waals surface area (Å²) in [7, 11) is -2.92. The molecule has 2 aromatic heterocycles. The Kier molecular flexibility index (Phi) is 10.4. The van der Waals surface area contributed by atoms with Crippen molar-refractivity contribution in [3.8, 4) is 29.2 Å². The summed E-state index contributed by atoms with van der Waals surface area (Å²) in [5.41, 5.74) is -1.69. The molecule has 62 heavy (non-hydrogen) atoms. The third kappa shape index (κ3) is 6.77. The second-order valence-corrected chi connectivity index (χ2v) is 24.9. The molecule has 8 rings (SSSR count). The molecular weight excluding hydrogens is 803 g/mol. The van der Waals surface area contributed by atoms with E-state index in [1.165, 1.54) is 24.3 Å². The van der Waals surface area contributed by atoms with E-state index in [1.807, 2.05) is 6.92 Å². The van der Waals surface area contributed by atoms with Crippen LogP contribution in [0.3, 0.4) is 0 Å². The first-order valence-electron chi connectivity index (χ1n) is 21.2. The maximum atomic E-state index is 14.5. The monoisotopic (exact) mass is 855 g/mol. The van der Waals surface area contributed by atoms with E-state index in [4.69, 9.17) is 27.5 Å². The quantitative estimate of drug-likeness (QED) is 0.138. The number of carbonyl (C=O) groups excluding carboxylic acids is 2. The zero-order chi connectivity index (χ0) is 44.6. The molecule has 1 saturated heterocycles. The number of aromatic nitrogens is 1. The molecule has 3 fully saturated rings. The predicted molar refractivity (Wildman–Crippen MR) is 230 cm³/mol.